The first-order chi connectivity index (χ1) is 5.16. The Morgan fingerprint density at radius 1 is 1.45 bits per heavy atom. The van der Waals surface area contributed by atoms with Gasteiger partial charge in [-0.25, -0.2) is 0 Å². The van der Waals surface area contributed by atoms with Crippen LogP contribution in [0.3, 0.4) is 0 Å². The smallest absolute Gasteiger partial charge is 0.0549 e. The van der Waals surface area contributed by atoms with Crippen LogP contribution in [0, 0.1) is 0 Å². The highest BCUT2D eigenvalue weighted by molar-refractivity contribution is 4.92. The minimum atomic E-state index is 0.413. The Kier molecular flexibility index (Phi) is 6.24. The van der Waals surface area contributed by atoms with Gasteiger partial charge < -0.3 is 4.74 Å². The molecule has 0 rings (SSSR count). The van der Waals surface area contributed by atoms with Gasteiger partial charge >= 0.3 is 0 Å². The third-order valence-electron chi connectivity index (χ3n) is 1.58. The third-order valence-corrected chi connectivity index (χ3v) is 1.58. The van der Waals surface area contributed by atoms with Gasteiger partial charge in [-0.2, -0.15) is 0 Å². The summed E-state index contributed by atoms with van der Waals surface area (Å²) in [4.78, 5) is 0. The molecule has 11 heavy (non-hydrogen) atoms. The highest BCUT2D eigenvalue weighted by Gasteiger charge is 1.97. The zero-order valence-corrected chi connectivity index (χ0v) is 8.18. The SMILES string of the molecule is CCOC(C)CCC=C(C)C. The number of allylic oxidation sites excluding steroid dienone is 2. The average molecular weight is 156 g/mol. The number of ether oxygens (including phenoxy) is 1. The van der Waals surface area contributed by atoms with Gasteiger partial charge in [-0.1, -0.05) is 11.6 Å². The second-order valence-electron chi connectivity index (χ2n) is 3.12. The molecular formula is C10H20O. The Labute approximate surface area is 70.4 Å². The maximum atomic E-state index is 5.39. The molecule has 0 spiro atoms. The summed E-state index contributed by atoms with van der Waals surface area (Å²) < 4.78 is 5.39. The van der Waals surface area contributed by atoms with E-state index >= 15 is 0 Å². The van der Waals surface area contributed by atoms with Crippen molar-refractivity contribution in [3.8, 4) is 0 Å². The van der Waals surface area contributed by atoms with Crippen molar-refractivity contribution in [3.63, 3.8) is 0 Å². The first kappa shape index (κ1) is 10.7. The molecule has 0 heterocycles. The Hall–Kier alpha value is -0.300. The van der Waals surface area contributed by atoms with Crippen LogP contribution in [0.5, 0.6) is 0 Å². The fraction of sp³-hybridized carbons (Fsp3) is 0.800. The zero-order valence-electron chi connectivity index (χ0n) is 8.18. The number of hydrogen-bond acceptors (Lipinski definition) is 1. The van der Waals surface area contributed by atoms with E-state index in [1.165, 1.54) is 5.57 Å². The summed E-state index contributed by atoms with van der Waals surface area (Å²) in [7, 11) is 0. The van der Waals surface area contributed by atoms with E-state index in [2.05, 4.69) is 26.8 Å². The molecular weight excluding hydrogens is 136 g/mol. The first-order valence-electron chi connectivity index (χ1n) is 4.41. The van der Waals surface area contributed by atoms with Crippen LogP contribution < -0.4 is 0 Å². The van der Waals surface area contributed by atoms with Gasteiger partial charge in [-0.05, 0) is 40.5 Å². The highest BCUT2D eigenvalue weighted by Crippen LogP contribution is 2.03. The molecule has 66 valence electrons. The predicted molar refractivity (Wildman–Crippen MR) is 49.8 cm³/mol. The molecule has 0 bridgehead atoms. The van der Waals surface area contributed by atoms with E-state index in [1.54, 1.807) is 0 Å². The molecule has 0 N–H and O–H groups in total. The summed E-state index contributed by atoms with van der Waals surface area (Å²) in [6.45, 7) is 9.26. The van der Waals surface area contributed by atoms with Crippen LogP contribution in [0.15, 0.2) is 11.6 Å². The predicted octanol–water partition coefficient (Wildman–Crippen LogP) is 3.16. The lowest BCUT2D eigenvalue weighted by Crippen LogP contribution is -2.06. The summed E-state index contributed by atoms with van der Waals surface area (Å²) in [5.41, 5.74) is 1.40. The topological polar surface area (TPSA) is 9.23 Å². The van der Waals surface area contributed by atoms with Crippen LogP contribution >= 0.6 is 0 Å². The van der Waals surface area contributed by atoms with E-state index in [1.807, 2.05) is 6.92 Å². The van der Waals surface area contributed by atoms with Crippen molar-refractivity contribution in [1.29, 1.82) is 0 Å². The van der Waals surface area contributed by atoms with Crippen molar-refractivity contribution in [2.24, 2.45) is 0 Å². The van der Waals surface area contributed by atoms with Crippen molar-refractivity contribution in [3.05, 3.63) is 11.6 Å². The molecule has 0 aliphatic carbocycles. The molecule has 1 atom stereocenters. The van der Waals surface area contributed by atoms with Crippen molar-refractivity contribution in [1.82, 2.24) is 0 Å². The summed E-state index contributed by atoms with van der Waals surface area (Å²) in [5.74, 6) is 0. The van der Waals surface area contributed by atoms with Crippen LogP contribution in [0.4, 0.5) is 0 Å². The maximum absolute atomic E-state index is 5.39. The zero-order chi connectivity index (χ0) is 8.69. The molecule has 0 aromatic heterocycles. The van der Waals surface area contributed by atoms with Gasteiger partial charge in [0.15, 0.2) is 0 Å². The summed E-state index contributed by atoms with van der Waals surface area (Å²) in [5, 5.41) is 0. The Morgan fingerprint density at radius 3 is 2.55 bits per heavy atom. The normalized spacial score (nSPS) is 12.7. The molecule has 0 saturated carbocycles. The van der Waals surface area contributed by atoms with Gasteiger partial charge in [0, 0.05) is 6.61 Å². The molecule has 0 aliphatic rings. The Morgan fingerprint density at radius 2 is 2.09 bits per heavy atom. The summed E-state index contributed by atoms with van der Waals surface area (Å²) in [6.07, 6.45) is 4.95. The maximum Gasteiger partial charge on any atom is 0.0549 e. The minimum absolute atomic E-state index is 0.413. The van der Waals surface area contributed by atoms with E-state index < -0.39 is 0 Å². The fourth-order valence-corrected chi connectivity index (χ4v) is 0.975. The third kappa shape index (κ3) is 7.60. The quantitative estimate of drug-likeness (QED) is 0.555. The second-order valence-corrected chi connectivity index (χ2v) is 3.12. The Balaban J connectivity index is 3.31. The standard InChI is InChI=1S/C10H20O/c1-5-11-10(4)8-6-7-9(2)3/h7,10H,5-6,8H2,1-4H3. The largest absolute Gasteiger partial charge is 0.379 e. The van der Waals surface area contributed by atoms with E-state index in [0.29, 0.717) is 6.10 Å². The lowest BCUT2D eigenvalue weighted by atomic mass is 10.2. The molecule has 1 heteroatoms. The number of hydrogen-bond donors (Lipinski definition) is 0. The lowest BCUT2D eigenvalue weighted by Gasteiger charge is -2.09. The van der Waals surface area contributed by atoms with Crippen LogP contribution in [-0.4, -0.2) is 12.7 Å². The van der Waals surface area contributed by atoms with Crippen LogP contribution in [0.2, 0.25) is 0 Å². The minimum Gasteiger partial charge on any atom is -0.379 e. The lowest BCUT2D eigenvalue weighted by molar-refractivity contribution is 0.0711. The number of rotatable bonds is 5. The van der Waals surface area contributed by atoms with Crippen molar-refractivity contribution in [2.45, 2.75) is 46.6 Å². The van der Waals surface area contributed by atoms with E-state index in [4.69, 9.17) is 4.74 Å². The Bertz CT molecular complexity index is 112. The molecule has 0 radical (unpaired) electrons. The van der Waals surface area contributed by atoms with Gasteiger partial charge in [0.05, 0.1) is 6.10 Å². The first-order valence-corrected chi connectivity index (χ1v) is 4.41. The fourth-order valence-electron chi connectivity index (χ4n) is 0.975. The molecule has 1 unspecified atom stereocenters. The van der Waals surface area contributed by atoms with Crippen LogP contribution in [0.25, 0.3) is 0 Å². The molecule has 0 aliphatic heterocycles. The highest BCUT2D eigenvalue weighted by atomic mass is 16.5. The second kappa shape index (κ2) is 6.41. The molecule has 0 saturated heterocycles. The average Bonchev–Trinajstić information content (AvgIpc) is 1.87. The van der Waals surface area contributed by atoms with Gasteiger partial charge in [-0.15, -0.1) is 0 Å². The van der Waals surface area contributed by atoms with Gasteiger partial charge in [-0.3, -0.25) is 0 Å². The van der Waals surface area contributed by atoms with Crippen LogP contribution in [-0.2, 0) is 4.74 Å². The molecule has 0 fully saturated rings. The van der Waals surface area contributed by atoms with E-state index in [9.17, 15) is 0 Å². The molecule has 0 amide bonds. The van der Waals surface area contributed by atoms with Gasteiger partial charge in [0.25, 0.3) is 0 Å². The van der Waals surface area contributed by atoms with Crippen LogP contribution in [0.1, 0.15) is 40.5 Å². The van der Waals surface area contributed by atoms with Gasteiger partial charge in [0.1, 0.15) is 0 Å². The van der Waals surface area contributed by atoms with Gasteiger partial charge in [0.2, 0.25) is 0 Å². The van der Waals surface area contributed by atoms with Crippen molar-refractivity contribution in [2.75, 3.05) is 6.61 Å². The van der Waals surface area contributed by atoms with E-state index in [0.717, 1.165) is 19.4 Å². The summed E-state index contributed by atoms with van der Waals surface area (Å²) in [6, 6.07) is 0. The molecule has 0 aromatic rings. The monoisotopic (exact) mass is 156 g/mol. The molecule has 1 nitrogen and oxygen atoms in total. The van der Waals surface area contributed by atoms with Crippen molar-refractivity contribution >= 4 is 0 Å². The van der Waals surface area contributed by atoms with Crippen molar-refractivity contribution < 1.29 is 4.74 Å². The summed E-state index contributed by atoms with van der Waals surface area (Å²) >= 11 is 0. The molecule has 0 aromatic carbocycles. The van der Waals surface area contributed by atoms with E-state index in [-0.39, 0.29) is 0 Å².